The number of anilines is 1. The lowest BCUT2D eigenvalue weighted by Crippen LogP contribution is -2.22. The van der Waals surface area contributed by atoms with Crippen LogP contribution in [0.5, 0.6) is 0 Å². The van der Waals surface area contributed by atoms with Crippen LogP contribution in [0.15, 0.2) is 18.2 Å². The molecule has 4 nitrogen and oxygen atoms in total. The van der Waals surface area contributed by atoms with Gasteiger partial charge in [0.2, 0.25) is 0 Å². The van der Waals surface area contributed by atoms with E-state index in [0.717, 1.165) is 42.7 Å². The second-order valence-electron chi connectivity index (χ2n) is 6.21. The Morgan fingerprint density at radius 2 is 1.95 bits per heavy atom. The lowest BCUT2D eigenvalue weighted by molar-refractivity contribution is 0.111. The van der Waals surface area contributed by atoms with Crippen molar-refractivity contribution < 1.29 is 5.11 Å². The fourth-order valence-corrected chi connectivity index (χ4v) is 3.24. The molecule has 0 radical (unpaired) electrons. The van der Waals surface area contributed by atoms with Gasteiger partial charge >= 0.3 is 0 Å². The molecule has 20 heavy (non-hydrogen) atoms. The van der Waals surface area contributed by atoms with Crippen LogP contribution in [0.25, 0.3) is 11.0 Å². The number of rotatable bonds is 2. The van der Waals surface area contributed by atoms with Crippen molar-refractivity contribution in [2.24, 2.45) is 0 Å². The normalized spacial score (nSPS) is 23.6. The number of benzene rings is 1. The highest BCUT2D eigenvalue weighted by atomic mass is 16.3. The van der Waals surface area contributed by atoms with Crippen LogP contribution >= 0.6 is 0 Å². The molecule has 3 N–H and O–H groups in total. The van der Waals surface area contributed by atoms with Gasteiger partial charge in [0, 0.05) is 17.6 Å². The first-order valence-electron chi connectivity index (χ1n) is 7.51. The van der Waals surface area contributed by atoms with Crippen molar-refractivity contribution in [2.75, 3.05) is 5.73 Å². The van der Waals surface area contributed by atoms with Gasteiger partial charge in [0.15, 0.2) is 0 Å². The van der Waals surface area contributed by atoms with E-state index in [4.69, 9.17) is 10.7 Å². The van der Waals surface area contributed by atoms with Crippen molar-refractivity contribution in [3.63, 3.8) is 0 Å². The minimum absolute atomic E-state index is 0.126. The summed E-state index contributed by atoms with van der Waals surface area (Å²) in [4.78, 5) is 4.79. The highest BCUT2D eigenvalue weighted by molar-refractivity contribution is 5.80. The Balaban J connectivity index is 2.09. The number of aliphatic hydroxyl groups excluding tert-OH is 1. The molecule has 108 valence electrons. The number of nitrogen functional groups attached to an aromatic ring is 1. The monoisotopic (exact) mass is 273 g/mol. The van der Waals surface area contributed by atoms with Gasteiger partial charge in [-0.25, -0.2) is 4.98 Å². The predicted molar refractivity (Wildman–Crippen MR) is 81.7 cm³/mol. The zero-order valence-corrected chi connectivity index (χ0v) is 12.2. The third-order valence-corrected chi connectivity index (χ3v) is 4.29. The summed E-state index contributed by atoms with van der Waals surface area (Å²) in [6.45, 7) is 4.36. The lowest BCUT2D eigenvalue weighted by atomic mass is 9.92. The van der Waals surface area contributed by atoms with Gasteiger partial charge in [-0.05, 0) is 43.9 Å². The Morgan fingerprint density at radius 3 is 2.60 bits per heavy atom. The molecule has 1 aliphatic carbocycles. The largest absolute Gasteiger partial charge is 0.399 e. The molecule has 0 saturated heterocycles. The minimum Gasteiger partial charge on any atom is -0.399 e. The van der Waals surface area contributed by atoms with E-state index in [1.165, 1.54) is 5.52 Å². The zero-order chi connectivity index (χ0) is 14.3. The fraction of sp³-hybridized carbons (Fsp3) is 0.562. The summed E-state index contributed by atoms with van der Waals surface area (Å²) in [5.74, 6) is 1.52. The average molecular weight is 273 g/mol. The molecular weight excluding hydrogens is 250 g/mol. The number of fused-ring (bicyclic) bond motifs is 1. The van der Waals surface area contributed by atoms with Crippen molar-refractivity contribution in [1.29, 1.82) is 0 Å². The van der Waals surface area contributed by atoms with Crippen molar-refractivity contribution >= 4 is 16.7 Å². The standard InChI is InChI=1S/C16H23N3O/c1-10(2)16-18-14-9-11(17)3-8-15(14)19(16)12-4-6-13(20)7-5-12/h3,8-10,12-13,20H,4-7,17H2,1-2H3. The highest BCUT2D eigenvalue weighted by Gasteiger charge is 2.25. The molecule has 0 aliphatic heterocycles. The molecule has 1 aliphatic rings. The molecule has 1 aromatic heterocycles. The van der Waals surface area contributed by atoms with Crippen molar-refractivity contribution in [1.82, 2.24) is 9.55 Å². The van der Waals surface area contributed by atoms with Crippen LogP contribution in [0.3, 0.4) is 0 Å². The number of aromatic nitrogens is 2. The molecule has 0 spiro atoms. The molecule has 1 aromatic carbocycles. The number of hydrogen-bond donors (Lipinski definition) is 2. The third kappa shape index (κ3) is 2.29. The topological polar surface area (TPSA) is 64.1 Å². The molecule has 0 bridgehead atoms. The lowest BCUT2D eigenvalue weighted by Gasteiger charge is -2.29. The van der Waals surface area contributed by atoms with E-state index in [9.17, 15) is 5.11 Å². The minimum atomic E-state index is -0.126. The summed E-state index contributed by atoms with van der Waals surface area (Å²) in [5, 5.41) is 9.71. The maximum Gasteiger partial charge on any atom is 0.112 e. The Bertz CT molecular complexity index is 609. The van der Waals surface area contributed by atoms with Crippen molar-refractivity contribution in [3.05, 3.63) is 24.0 Å². The van der Waals surface area contributed by atoms with Gasteiger partial charge < -0.3 is 15.4 Å². The number of imidazole rings is 1. The van der Waals surface area contributed by atoms with E-state index >= 15 is 0 Å². The molecule has 0 amide bonds. The fourth-order valence-electron chi connectivity index (χ4n) is 3.24. The van der Waals surface area contributed by atoms with Gasteiger partial charge in [0.1, 0.15) is 5.82 Å². The first-order valence-corrected chi connectivity index (χ1v) is 7.51. The van der Waals surface area contributed by atoms with Gasteiger partial charge in [-0.2, -0.15) is 0 Å². The molecule has 0 atom stereocenters. The SMILES string of the molecule is CC(C)c1nc2cc(N)ccc2n1C1CCC(O)CC1. The number of nitrogens with zero attached hydrogens (tertiary/aromatic N) is 2. The molecule has 2 aromatic rings. The van der Waals surface area contributed by atoms with E-state index in [1.807, 2.05) is 12.1 Å². The van der Waals surface area contributed by atoms with Gasteiger partial charge in [0.25, 0.3) is 0 Å². The maximum atomic E-state index is 9.71. The first kappa shape index (κ1) is 13.4. The first-order chi connectivity index (χ1) is 9.56. The van der Waals surface area contributed by atoms with E-state index in [2.05, 4.69) is 24.5 Å². The number of hydrogen-bond acceptors (Lipinski definition) is 3. The van der Waals surface area contributed by atoms with Gasteiger partial charge in [-0.3, -0.25) is 0 Å². The van der Waals surface area contributed by atoms with Gasteiger partial charge in [-0.1, -0.05) is 13.8 Å². The molecule has 1 saturated carbocycles. The number of aliphatic hydroxyl groups is 1. The molecule has 4 heteroatoms. The summed E-state index contributed by atoms with van der Waals surface area (Å²) in [6, 6.07) is 6.43. The van der Waals surface area contributed by atoms with Crippen LogP contribution in [0, 0.1) is 0 Å². The summed E-state index contributed by atoms with van der Waals surface area (Å²) in [6.07, 6.45) is 3.69. The molecule has 3 rings (SSSR count). The molecule has 0 unspecified atom stereocenters. The predicted octanol–water partition coefficient (Wildman–Crippen LogP) is 3.22. The van der Waals surface area contributed by atoms with E-state index in [1.54, 1.807) is 0 Å². The number of nitrogens with two attached hydrogens (primary N) is 1. The average Bonchev–Trinajstić information content (AvgIpc) is 2.78. The quantitative estimate of drug-likeness (QED) is 0.826. The van der Waals surface area contributed by atoms with Crippen LogP contribution in [0.2, 0.25) is 0 Å². The van der Waals surface area contributed by atoms with Crippen LogP contribution < -0.4 is 5.73 Å². The molecular formula is C16H23N3O. The van der Waals surface area contributed by atoms with Gasteiger partial charge in [-0.15, -0.1) is 0 Å². The van der Waals surface area contributed by atoms with E-state index in [-0.39, 0.29) is 6.10 Å². The van der Waals surface area contributed by atoms with Crippen LogP contribution in [0.4, 0.5) is 5.69 Å². The summed E-state index contributed by atoms with van der Waals surface area (Å²) >= 11 is 0. The summed E-state index contributed by atoms with van der Waals surface area (Å²) in [5.41, 5.74) is 8.79. The Kier molecular flexibility index (Phi) is 3.42. The van der Waals surface area contributed by atoms with Gasteiger partial charge in [0.05, 0.1) is 17.1 Å². The highest BCUT2D eigenvalue weighted by Crippen LogP contribution is 2.35. The Morgan fingerprint density at radius 1 is 1.25 bits per heavy atom. The van der Waals surface area contributed by atoms with Crippen LogP contribution in [-0.4, -0.2) is 20.8 Å². The summed E-state index contributed by atoms with van der Waals surface area (Å²) < 4.78 is 2.38. The Labute approximate surface area is 119 Å². The zero-order valence-electron chi connectivity index (χ0n) is 12.2. The second kappa shape index (κ2) is 5.09. The van der Waals surface area contributed by atoms with Crippen LogP contribution in [0.1, 0.15) is 57.3 Å². The molecule has 1 fully saturated rings. The van der Waals surface area contributed by atoms with Crippen LogP contribution in [-0.2, 0) is 0 Å². The molecule has 1 heterocycles. The van der Waals surface area contributed by atoms with Crippen molar-refractivity contribution in [2.45, 2.75) is 57.6 Å². The Hall–Kier alpha value is -1.55. The smallest absolute Gasteiger partial charge is 0.112 e. The van der Waals surface area contributed by atoms with E-state index in [0.29, 0.717) is 12.0 Å². The van der Waals surface area contributed by atoms with Crippen molar-refractivity contribution in [3.8, 4) is 0 Å². The summed E-state index contributed by atoms with van der Waals surface area (Å²) in [7, 11) is 0. The maximum absolute atomic E-state index is 9.71. The second-order valence-corrected chi connectivity index (χ2v) is 6.21. The van der Waals surface area contributed by atoms with E-state index < -0.39 is 0 Å². The third-order valence-electron chi connectivity index (χ3n) is 4.29.